The molecule has 3 aromatic rings. The van der Waals surface area contributed by atoms with Gasteiger partial charge in [-0.1, -0.05) is 24.6 Å². The van der Waals surface area contributed by atoms with Crippen molar-refractivity contribution in [1.29, 1.82) is 0 Å². The molecule has 0 saturated heterocycles. The van der Waals surface area contributed by atoms with Gasteiger partial charge in [0.05, 0.1) is 22.3 Å². The van der Waals surface area contributed by atoms with E-state index in [0.717, 1.165) is 56.7 Å². The molecule has 0 bridgehead atoms. The maximum Gasteiger partial charge on any atom is 0.213 e. The first-order valence-electron chi connectivity index (χ1n) is 10.8. The summed E-state index contributed by atoms with van der Waals surface area (Å²) in [5, 5.41) is 12.3. The Morgan fingerprint density at radius 1 is 1.00 bits per heavy atom. The van der Waals surface area contributed by atoms with Crippen molar-refractivity contribution in [3.63, 3.8) is 0 Å². The first-order chi connectivity index (χ1) is 14.8. The summed E-state index contributed by atoms with van der Waals surface area (Å²) in [6.07, 6.45) is 0.925. The molecule has 4 heteroatoms. The number of hydrogen-bond acceptors (Lipinski definition) is 2. The van der Waals surface area contributed by atoms with Crippen molar-refractivity contribution in [3.05, 3.63) is 75.7 Å². The summed E-state index contributed by atoms with van der Waals surface area (Å²) in [7, 11) is 4.01. The molecular weight excluding hydrogens is 384 g/mol. The number of hydrogen-bond donors (Lipinski definition) is 1. The van der Waals surface area contributed by atoms with E-state index < -0.39 is 0 Å². The summed E-state index contributed by atoms with van der Waals surface area (Å²) in [5.74, 6) is 0.0340. The van der Waals surface area contributed by atoms with Gasteiger partial charge < -0.3 is 9.67 Å². The molecule has 0 unspecified atom stereocenters. The van der Waals surface area contributed by atoms with E-state index in [2.05, 4.69) is 52.5 Å². The smallest absolute Gasteiger partial charge is 0.213 e. The molecule has 1 aliphatic heterocycles. The van der Waals surface area contributed by atoms with Crippen LogP contribution in [0, 0.1) is 13.8 Å². The molecule has 0 spiro atoms. The van der Waals surface area contributed by atoms with Gasteiger partial charge in [0.1, 0.15) is 12.8 Å². The molecule has 0 atom stereocenters. The standard InChI is InChI=1S/C27H26N2O2/c1-7-17-9-11-21-19(13-17)23(16(4)29(21)6)25-26(30)24(27(25)31)22-15(3)28(5)20-10-8-14(2)12-18(20)22/h8-13H,7H2,1-6H3/p+1. The number of aliphatic hydroxyl groups excluding tert-OH is 1. The van der Waals surface area contributed by atoms with Gasteiger partial charge in [-0.25, -0.2) is 0 Å². The van der Waals surface area contributed by atoms with Crippen LogP contribution in [0.15, 0.2) is 47.7 Å². The zero-order chi connectivity index (χ0) is 22.2. The van der Waals surface area contributed by atoms with E-state index >= 15 is 0 Å². The highest BCUT2D eigenvalue weighted by atomic mass is 16.3. The van der Waals surface area contributed by atoms with Crippen molar-refractivity contribution in [1.82, 2.24) is 4.57 Å². The molecule has 5 rings (SSSR count). The largest absolute Gasteiger partial charge is 0.506 e. The second-order valence-corrected chi connectivity index (χ2v) is 8.69. The minimum atomic E-state index is -0.0768. The number of aliphatic hydroxyl groups is 1. The lowest BCUT2D eigenvalue weighted by Crippen LogP contribution is -2.24. The van der Waals surface area contributed by atoms with Crippen LogP contribution in [0.2, 0.25) is 0 Å². The van der Waals surface area contributed by atoms with E-state index in [1.807, 2.05) is 34.9 Å². The normalized spacial score (nSPS) is 18.3. The van der Waals surface area contributed by atoms with E-state index in [1.165, 1.54) is 5.56 Å². The van der Waals surface area contributed by atoms with Crippen LogP contribution in [0.3, 0.4) is 0 Å². The second kappa shape index (κ2) is 6.55. The molecular formula is C27H27N2O2+. The molecule has 1 aromatic heterocycles. The number of ketones is 1. The third-order valence-corrected chi connectivity index (χ3v) is 7.04. The van der Waals surface area contributed by atoms with E-state index in [-0.39, 0.29) is 11.5 Å². The van der Waals surface area contributed by atoms with Crippen LogP contribution in [-0.2, 0) is 18.3 Å². The maximum absolute atomic E-state index is 13.5. The van der Waals surface area contributed by atoms with E-state index in [0.29, 0.717) is 11.1 Å². The average molecular weight is 412 g/mol. The Kier molecular flexibility index (Phi) is 4.13. The number of nitrogens with zero attached hydrogens (tertiary/aromatic N) is 2. The highest BCUT2D eigenvalue weighted by Crippen LogP contribution is 2.47. The van der Waals surface area contributed by atoms with E-state index in [4.69, 9.17) is 0 Å². The van der Waals surface area contributed by atoms with Crippen LogP contribution in [0.4, 0.5) is 5.69 Å². The van der Waals surface area contributed by atoms with Gasteiger partial charge in [0.15, 0.2) is 5.71 Å². The predicted molar refractivity (Wildman–Crippen MR) is 126 cm³/mol. The van der Waals surface area contributed by atoms with Crippen molar-refractivity contribution in [2.24, 2.45) is 7.05 Å². The van der Waals surface area contributed by atoms with Crippen LogP contribution >= 0.6 is 0 Å². The Hall–Kier alpha value is -3.40. The van der Waals surface area contributed by atoms with Crippen molar-refractivity contribution in [2.45, 2.75) is 34.1 Å². The molecule has 2 aromatic carbocycles. The highest BCUT2D eigenvalue weighted by molar-refractivity contribution is 6.47. The summed E-state index contributed by atoms with van der Waals surface area (Å²) in [4.78, 5) is 13.5. The van der Waals surface area contributed by atoms with Gasteiger partial charge in [0.25, 0.3) is 0 Å². The molecule has 2 heterocycles. The van der Waals surface area contributed by atoms with Gasteiger partial charge in [0.2, 0.25) is 11.5 Å². The predicted octanol–water partition coefficient (Wildman–Crippen LogP) is 5.41. The monoisotopic (exact) mass is 411 g/mol. The minimum Gasteiger partial charge on any atom is -0.506 e. The van der Waals surface area contributed by atoms with Crippen molar-refractivity contribution >= 4 is 39.2 Å². The lowest BCUT2D eigenvalue weighted by molar-refractivity contribution is -0.401. The second-order valence-electron chi connectivity index (χ2n) is 8.69. The minimum absolute atomic E-state index is 0.0768. The Balaban J connectivity index is 1.78. The zero-order valence-corrected chi connectivity index (χ0v) is 18.9. The average Bonchev–Trinajstić information content (AvgIpc) is 3.14. The molecule has 0 amide bonds. The molecule has 1 N–H and O–H groups in total. The molecule has 4 nitrogen and oxygen atoms in total. The van der Waals surface area contributed by atoms with Gasteiger partial charge in [-0.15, -0.1) is 0 Å². The fraction of sp³-hybridized carbons (Fsp3) is 0.259. The van der Waals surface area contributed by atoms with Crippen molar-refractivity contribution in [3.8, 4) is 0 Å². The summed E-state index contributed by atoms with van der Waals surface area (Å²) in [6, 6.07) is 12.6. The lowest BCUT2D eigenvalue weighted by atomic mass is 9.78. The number of benzene rings is 2. The van der Waals surface area contributed by atoms with Crippen LogP contribution in [-0.4, -0.2) is 32.8 Å². The topological polar surface area (TPSA) is 45.2 Å². The molecule has 0 saturated carbocycles. The fourth-order valence-corrected chi connectivity index (χ4v) is 5.02. The summed E-state index contributed by atoms with van der Waals surface area (Å²) in [5.41, 5.74) is 10.0. The Morgan fingerprint density at radius 3 is 2.42 bits per heavy atom. The fourth-order valence-electron chi connectivity index (χ4n) is 5.02. The summed E-state index contributed by atoms with van der Waals surface area (Å²) >= 11 is 0. The van der Waals surface area contributed by atoms with Crippen LogP contribution < -0.4 is 0 Å². The number of fused-ring (bicyclic) bond motifs is 2. The molecule has 31 heavy (non-hydrogen) atoms. The van der Waals surface area contributed by atoms with Crippen molar-refractivity contribution in [2.75, 3.05) is 7.05 Å². The highest BCUT2D eigenvalue weighted by Gasteiger charge is 2.44. The third-order valence-electron chi connectivity index (χ3n) is 7.04. The lowest BCUT2D eigenvalue weighted by Gasteiger charge is -2.23. The molecule has 1 aliphatic carbocycles. The molecule has 156 valence electrons. The Bertz CT molecular complexity index is 1430. The molecule has 0 radical (unpaired) electrons. The number of carbonyl (C=O) groups excluding carboxylic acids is 1. The Morgan fingerprint density at radius 2 is 1.74 bits per heavy atom. The molecule has 2 aliphatic rings. The maximum atomic E-state index is 13.5. The number of carbonyl (C=O) groups is 1. The van der Waals surface area contributed by atoms with Gasteiger partial charge >= 0.3 is 0 Å². The molecule has 0 fully saturated rings. The van der Waals surface area contributed by atoms with Gasteiger partial charge in [0, 0.05) is 42.2 Å². The number of Topliss-reactive ketones (excluding diaryl/α,β-unsaturated/α-hetero) is 1. The van der Waals surface area contributed by atoms with Gasteiger partial charge in [-0.2, -0.15) is 4.58 Å². The Labute approximate surface area is 182 Å². The number of rotatable bonds is 2. The van der Waals surface area contributed by atoms with E-state index in [9.17, 15) is 9.90 Å². The third kappa shape index (κ3) is 2.48. The quantitative estimate of drug-likeness (QED) is 0.453. The van der Waals surface area contributed by atoms with Gasteiger partial charge in [-0.05, 0) is 44.0 Å². The SMILES string of the molecule is CCc1ccc2c(c1)c(C1=C(O)C(=C3C(C)=[N+](C)c4ccc(C)cc43)C1=O)c(C)n2C. The van der Waals surface area contributed by atoms with Crippen LogP contribution in [0.25, 0.3) is 22.0 Å². The number of aryl methyl sites for hydroxylation is 3. The zero-order valence-electron chi connectivity index (χ0n) is 18.9. The summed E-state index contributed by atoms with van der Waals surface area (Å²) < 4.78 is 4.19. The van der Waals surface area contributed by atoms with Crippen LogP contribution in [0.5, 0.6) is 0 Å². The number of allylic oxidation sites excluding steroid dienone is 3. The van der Waals surface area contributed by atoms with Gasteiger partial charge in [-0.3, -0.25) is 4.79 Å². The van der Waals surface area contributed by atoms with E-state index in [1.54, 1.807) is 0 Å². The summed E-state index contributed by atoms with van der Waals surface area (Å²) in [6.45, 7) is 8.19. The number of aromatic nitrogens is 1. The first kappa shape index (κ1) is 19.6. The first-order valence-corrected chi connectivity index (χ1v) is 10.8. The van der Waals surface area contributed by atoms with Crippen molar-refractivity contribution < 1.29 is 14.5 Å². The van der Waals surface area contributed by atoms with Crippen LogP contribution in [0.1, 0.15) is 41.8 Å².